The number of hydrogen-bond donors (Lipinski definition) is 1. The van der Waals surface area contributed by atoms with Crippen LogP contribution in [0.3, 0.4) is 0 Å². The lowest BCUT2D eigenvalue weighted by atomic mass is 10.0. The zero-order valence-corrected chi connectivity index (χ0v) is 25.6. The SMILES string of the molecule is O=C[C@@H](OCc1ccccc1)[C@H](OCc1ccccc1)[C@@H](O)COCc1ccccc1.c1ccc(CCc2ccccc2)cc1. The standard InChI is InChI=1S/C26H28O5.C14H14/c27-16-25(30-18-22-12-6-2-7-13-22)26(31-19-23-14-8-3-9-15-23)24(28)20-29-17-21-10-4-1-5-11-21;1-3-7-13(8-4-1)11-12-14-9-5-2-6-10-14/h1-16,24-26,28H,17-20H2;1-10H,11-12H2/t24-,25+,26+;/m0./s1. The van der Waals surface area contributed by atoms with Crippen LogP contribution in [0.5, 0.6) is 0 Å². The minimum absolute atomic E-state index is 0.0212. The molecule has 0 aliphatic carbocycles. The van der Waals surface area contributed by atoms with Crippen molar-refractivity contribution in [3.63, 3.8) is 0 Å². The quantitative estimate of drug-likeness (QED) is 0.119. The van der Waals surface area contributed by atoms with Crippen LogP contribution in [0.25, 0.3) is 0 Å². The van der Waals surface area contributed by atoms with E-state index in [9.17, 15) is 9.90 Å². The first-order chi connectivity index (χ1) is 22.2. The van der Waals surface area contributed by atoms with Crippen LogP contribution in [0.15, 0.2) is 152 Å². The summed E-state index contributed by atoms with van der Waals surface area (Å²) in [6, 6.07) is 50.1. The van der Waals surface area contributed by atoms with Gasteiger partial charge in [0.05, 0.1) is 26.4 Å². The first-order valence-corrected chi connectivity index (χ1v) is 15.3. The average Bonchev–Trinajstić information content (AvgIpc) is 3.11. The predicted octanol–water partition coefficient (Wildman–Crippen LogP) is 7.41. The smallest absolute Gasteiger partial charge is 0.151 e. The van der Waals surface area contributed by atoms with E-state index >= 15 is 0 Å². The highest BCUT2D eigenvalue weighted by Gasteiger charge is 2.30. The van der Waals surface area contributed by atoms with E-state index in [2.05, 4.69) is 60.7 Å². The monoisotopic (exact) mass is 602 g/mol. The third-order valence-electron chi connectivity index (χ3n) is 7.20. The first-order valence-electron chi connectivity index (χ1n) is 15.3. The summed E-state index contributed by atoms with van der Waals surface area (Å²) in [4.78, 5) is 11.8. The van der Waals surface area contributed by atoms with Gasteiger partial charge in [-0.15, -0.1) is 0 Å². The van der Waals surface area contributed by atoms with E-state index in [0.29, 0.717) is 12.9 Å². The van der Waals surface area contributed by atoms with Crippen molar-refractivity contribution >= 4 is 6.29 Å². The van der Waals surface area contributed by atoms with Gasteiger partial charge in [-0.2, -0.15) is 0 Å². The highest BCUT2D eigenvalue weighted by molar-refractivity contribution is 5.57. The van der Waals surface area contributed by atoms with E-state index in [1.807, 2.05) is 91.0 Å². The van der Waals surface area contributed by atoms with Crippen LogP contribution >= 0.6 is 0 Å². The summed E-state index contributed by atoms with van der Waals surface area (Å²) in [5, 5.41) is 10.8. The van der Waals surface area contributed by atoms with E-state index in [1.165, 1.54) is 11.1 Å². The number of hydrogen-bond acceptors (Lipinski definition) is 5. The van der Waals surface area contributed by atoms with Gasteiger partial charge in [0.1, 0.15) is 18.3 Å². The maximum Gasteiger partial charge on any atom is 0.151 e. The van der Waals surface area contributed by atoms with Crippen molar-refractivity contribution in [1.29, 1.82) is 0 Å². The Morgan fingerprint density at radius 2 is 0.844 bits per heavy atom. The molecule has 5 aromatic rings. The van der Waals surface area contributed by atoms with Crippen LogP contribution in [0.1, 0.15) is 27.8 Å². The molecule has 0 heterocycles. The van der Waals surface area contributed by atoms with Gasteiger partial charge in [-0.05, 0) is 40.7 Å². The molecule has 1 N–H and O–H groups in total. The Morgan fingerprint density at radius 3 is 1.24 bits per heavy atom. The van der Waals surface area contributed by atoms with E-state index in [4.69, 9.17) is 14.2 Å². The normalized spacial score (nSPS) is 12.7. The van der Waals surface area contributed by atoms with Crippen molar-refractivity contribution in [2.75, 3.05) is 6.61 Å². The summed E-state index contributed by atoms with van der Waals surface area (Å²) in [6.45, 7) is 0.876. The van der Waals surface area contributed by atoms with Crippen LogP contribution in [0, 0.1) is 0 Å². The van der Waals surface area contributed by atoms with Gasteiger partial charge in [0.15, 0.2) is 6.29 Å². The second-order valence-corrected chi connectivity index (χ2v) is 10.7. The molecule has 45 heavy (non-hydrogen) atoms. The van der Waals surface area contributed by atoms with Crippen LogP contribution in [-0.2, 0) is 51.7 Å². The zero-order chi connectivity index (χ0) is 31.4. The molecule has 0 unspecified atom stereocenters. The molecule has 0 bridgehead atoms. The molecule has 5 heteroatoms. The minimum atomic E-state index is -1.03. The van der Waals surface area contributed by atoms with Gasteiger partial charge in [-0.1, -0.05) is 152 Å². The molecule has 232 valence electrons. The van der Waals surface area contributed by atoms with Crippen LogP contribution in [0.2, 0.25) is 0 Å². The maximum absolute atomic E-state index is 11.8. The van der Waals surface area contributed by atoms with Crippen molar-refractivity contribution in [3.05, 3.63) is 179 Å². The summed E-state index contributed by atoms with van der Waals surface area (Å²) in [5.41, 5.74) is 5.71. The number of rotatable bonds is 16. The van der Waals surface area contributed by atoms with Crippen molar-refractivity contribution in [2.24, 2.45) is 0 Å². The summed E-state index contributed by atoms with van der Waals surface area (Å²) < 4.78 is 17.4. The molecule has 0 radical (unpaired) electrons. The first kappa shape index (κ1) is 33.5. The molecule has 0 amide bonds. The number of ether oxygens (including phenoxy) is 3. The number of aldehydes is 1. The largest absolute Gasteiger partial charge is 0.388 e. The molecule has 0 spiro atoms. The fraction of sp³-hybridized carbons (Fsp3) is 0.225. The summed E-state index contributed by atoms with van der Waals surface area (Å²) in [7, 11) is 0. The number of carbonyl (C=O) groups is 1. The third-order valence-corrected chi connectivity index (χ3v) is 7.20. The van der Waals surface area contributed by atoms with Gasteiger partial charge in [-0.25, -0.2) is 0 Å². The fourth-order valence-corrected chi connectivity index (χ4v) is 4.71. The molecule has 0 saturated carbocycles. The van der Waals surface area contributed by atoms with Gasteiger partial charge in [-0.3, -0.25) is 0 Å². The predicted molar refractivity (Wildman–Crippen MR) is 178 cm³/mol. The molecule has 0 aromatic heterocycles. The van der Waals surface area contributed by atoms with Gasteiger partial charge >= 0.3 is 0 Å². The Kier molecular flexibility index (Phi) is 14.7. The van der Waals surface area contributed by atoms with Crippen molar-refractivity contribution in [2.45, 2.75) is 51.0 Å². The van der Waals surface area contributed by atoms with E-state index in [-0.39, 0.29) is 19.8 Å². The van der Waals surface area contributed by atoms with Gasteiger partial charge in [0.25, 0.3) is 0 Å². The molecule has 5 nitrogen and oxygen atoms in total. The van der Waals surface area contributed by atoms with E-state index in [0.717, 1.165) is 29.5 Å². The van der Waals surface area contributed by atoms with Crippen molar-refractivity contribution < 1.29 is 24.1 Å². The molecule has 0 aliphatic rings. The highest BCUT2D eigenvalue weighted by atomic mass is 16.6. The molecule has 0 fully saturated rings. The second-order valence-electron chi connectivity index (χ2n) is 10.7. The van der Waals surface area contributed by atoms with E-state index in [1.54, 1.807) is 0 Å². The van der Waals surface area contributed by atoms with Crippen molar-refractivity contribution in [3.8, 4) is 0 Å². The van der Waals surface area contributed by atoms with Gasteiger partial charge in [0.2, 0.25) is 0 Å². The number of aliphatic hydroxyl groups is 1. The summed E-state index contributed by atoms with van der Waals surface area (Å²) in [5.74, 6) is 0. The lowest BCUT2D eigenvalue weighted by Gasteiger charge is -2.28. The Bertz CT molecular complexity index is 1410. The number of carbonyl (C=O) groups excluding carboxylic acids is 1. The van der Waals surface area contributed by atoms with E-state index < -0.39 is 18.3 Å². The number of benzene rings is 5. The lowest BCUT2D eigenvalue weighted by Crippen LogP contribution is -2.44. The van der Waals surface area contributed by atoms with Crippen LogP contribution in [0.4, 0.5) is 0 Å². The lowest BCUT2D eigenvalue weighted by molar-refractivity contribution is -0.156. The fourth-order valence-electron chi connectivity index (χ4n) is 4.71. The molecule has 3 atom stereocenters. The maximum atomic E-state index is 11.8. The Hall–Kier alpha value is -4.39. The molecule has 0 saturated heterocycles. The second kappa shape index (κ2) is 19.8. The van der Waals surface area contributed by atoms with Crippen LogP contribution in [-0.4, -0.2) is 36.3 Å². The minimum Gasteiger partial charge on any atom is -0.388 e. The Labute approximate surface area is 267 Å². The number of aryl methyl sites for hydroxylation is 2. The Morgan fingerprint density at radius 1 is 0.489 bits per heavy atom. The number of aliphatic hydroxyl groups excluding tert-OH is 1. The molecule has 5 rings (SSSR count). The topological polar surface area (TPSA) is 65.0 Å². The average molecular weight is 603 g/mol. The third kappa shape index (κ3) is 12.6. The summed E-state index contributed by atoms with van der Waals surface area (Å²) in [6.07, 6.45) is 0.115. The summed E-state index contributed by atoms with van der Waals surface area (Å²) >= 11 is 0. The van der Waals surface area contributed by atoms with Gasteiger partial charge < -0.3 is 24.1 Å². The van der Waals surface area contributed by atoms with Gasteiger partial charge in [0, 0.05) is 0 Å². The Balaban J connectivity index is 0.000000273. The molecular weight excluding hydrogens is 560 g/mol. The van der Waals surface area contributed by atoms with Crippen LogP contribution < -0.4 is 0 Å². The molecular formula is C40H42O5. The zero-order valence-electron chi connectivity index (χ0n) is 25.6. The highest BCUT2D eigenvalue weighted by Crippen LogP contribution is 2.15. The van der Waals surface area contributed by atoms with Crippen molar-refractivity contribution in [1.82, 2.24) is 0 Å². The molecule has 5 aromatic carbocycles. The molecule has 0 aliphatic heterocycles.